The van der Waals surface area contributed by atoms with Crippen molar-refractivity contribution in [2.75, 3.05) is 6.61 Å². The van der Waals surface area contributed by atoms with E-state index in [0.717, 1.165) is 17.2 Å². The maximum absolute atomic E-state index is 11.8. The van der Waals surface area contributed by atoms with Crippen molar-refractivity contribution >= 4 is 22.7 Å². The first-order chi connectivity index (χ1) is 10.7. The smallest absolute Gasteiger partial charge is 0.311 e. The number of hydrogen-bond donors (Lipinski definition) is 0. The average molecular weight is 300 g/mol. The molecule has 0 fully saturated rings. The Labute approximate surface area is 130 Å². The van der Waals surface area contributed by atoms with Crippen LogP contribution in [-0.4, -0.2) is 18.5 Å². The van der Waals surface area contributed by atoms with Gasteiger partial charge < -0.3 is 9.47 Å². The van der Waals surface area contributed by atoms with Crippen LogP contribution in [0.5, 0.6) is 5.75 Å². The molecule has 0 bridgehead atoms. The monoisotopic (exact) mass is 300 g/mol. The number of benzene rings is 2. The summed E-state index contributed by atoms with van der Waals surface area (Å²) in [5.41, 5.74) is 0. The molecule has 116 valence electrons. The van der Waals surface area contributed by atoms with Gasteiger partial charge in [0.15, 0.2) is 0 Å². The molecule has 0 radical (unpaired) electrons. The van der Waals surface area contributed by atoms with Crippen molar-refractivity contribution in [3.63, 3.8) is 0 Å². The van der Waals surface area contributed by atoms with Gasteiger partial charge in [0.2, 0.25) is 0 Å². The molecule has 2 aromatic rings. The zero-order valence-corrected chi connectivity index (χ0v) is 12.7. The summed E-state index contributed by atoms with van der Waals surface area (Å²) >= 11 is 0. The van der Waals surface area contributed by atoms with Crippen LogP contribution in [0.1, 0.15) is 32.6 Å². The average Bonchev–Trinajstić information content (AvgIpc) is 2.52. The Bertz CT molecular complexity index is 648. The molecule has 4 heteroatoms. The number of fused-ring (bicyclic) bond motifs is 1. The van der Waals surface area contributed by atoms with Crippen LogP contribution >= 0.6 is 0 Å². The molecule has 0 aromatic heterocycles. The van der Waals surface area contributed by atoms with Crippen molar-refractivity contribution in [2.24, 2.45) is 0 Å². The Kier molecular flexibility index (Phi) is 5.95. The third kappa shape index (κ3) is 4.88. The molecule has 22 heavy (non-hydrogen) atoms. The lowest BCUT2D eigenvalue weighted by molar-refractivity contribution is -0.144. The molecule has 0 saturated heterocycles. The molecule has 0 amide bonds. The number of rotatable bonds is 7. The van der Waals surface area contributed by atoms with Gasteiger partial charge in [-0.1, -0.05) is 37.3 Å². The molecule has 0 aliphatic rings. The molecule has 0 unspecified atom stereocenters. The van der Waals surface area contributed by atoms with Gasteiger partial charge in [0.25, 0.3) is 0 Å². The Morgan fingerprint density at radius 2 is 1.68 bits per heavy atom. The predicted octanol–water partition coefficient (Wildman–Crippen LogP) is 3.87. The number of ether oxygens (including phenoxy) is 2. The fraction of sp³-hybridized carbons (Fsp3) is 0.333. The summed E-state index contributed by atoms with van der Waals surface area (Å²) in [5, 5.41) is 2.12. The van der Waals surface area contributed by atoms with Crippen molar-refractivity contribution in [2.45, 2.75) is 32.6 Å². The van der Waals surface area contributed by atoms with Crippen LogP contribution in [0.15, 0.2) is 42.5 Å². The highest BCUT2D eigenvalue weighted by Gasteiger charge is 2.08. The number of hydrogen-bond acceptors (Lipinski definition) is 4. The summed E-state index contributed by atoms with van der Waals surface area (Å²) in [6.45, 7) is 2.37. The summed E-state index contributed by atoms with van der Waals surface area (Å²) in [5.74, 6) is -0.0730. The highest BCUT2D eigenvalue weighted by molar-refractivity contribution is 5.84. The lowest BCUT2D eigenvalue weighted by Gasteiger charge is -2.06. The van der Waals surface area contributed by atoms with Gasteiger partial charge in [-0.2, -0.15) is 0 Å². The van der Waals surface area contributed by atoms with Crippen LogP contribution in [0.3, 0.4) is 0 Å². The molecule has 0 heterocycles. The standard InChI is InChI=1S/C18H20O4/c1-2-12-21-17(19)8-5-9-18(20)22-16-11-10-14-6-3-4-7-15(14)13-16/h3-4,6-7,10-11,13H,2,5,8-9,12H2,1H3. The van der Waals surface area contributed by atoms with Crippen LogP contribution < -0.4 is 4.74 Å². The Hall–Kier alpha value is -2.36. The van der Waals surface area contributed by atoms with E-state index in [1.807, 2.05) is 43.3 Å². The molecule has 4 nitrogen and oxygen atoms in total. The van der Waals surface area contributed by atoms with Gasteiger partial charge in [0.05, 0.1) is 6.61 Å². The maximum atomic E-state index is 11.8. The van der Waals surface area contributed by atoms with Gasteiger partial charge in [0, 0.05) is 12.8 Å². The number of carbonyl (C=O) groups excluding carboxylic acids is 2. The highest BCUT2D eigenvalue weighted by Crippen LogP contribution is 2.21. The second kappa shape index (κ2) is 8.17. The van der Waals surface area contributed by atoms with E-state index in [4.69, 9.17) is 9.47 Å². The zero-order valence-electron chi connectivity index (χ0n) is 12.7. The summed E-state index contributed by atoms with van der Waals surface area (Å²) in [7, 11) is 0. The van der Waals surface area contributed by atoms with E-state index in [1.54, 1.807) is 6.07 Å². The first-order valence-electron chi connectivity index (χ1n) is 7.54. The largest absolute Gasteiger partial charge is 0.466 e. The fourth-order valence-corrected chi connectivity index (χ4v) is 2.08. The second-order valence-electron chi connectivity index (χ2n) is 5.06. The lowest BCUT2D eigenvalue weighted by Crippen LogP contribution is -2.10. The summed E-state index contributed by atoms with van der Waals surface area (Å²) in [4.78, 5) is 23.1. The molecule has 0 aliphatic carbocycles. The first-order valence-corrected chi connectivity index (χ1v) is 7.54. The Morgan fingerprint density at radius 1 is 0.955 bits per heavy atom. The van der Waals surface area contributed by atoms with E-state index in [-0.39, 0.29) is 24.8 Å². The van der Waals surface area contributed by atoms with Gasteiger partial charge in [-0.3, -0.25) is 9.59 Å². The van der Waals surface area contributed by atoms with Crippen LogP contribution in [0.4, 0.5) is 0 Å². The molecule has 2 aromatic carbocycles. The minimum absolute atomic E-state index is 0.202. The topological polar surface area (TPSA) is 52.6 Å². The lowest BCUT2D eigenvalue weighted by atomic mass is 10.1. The SMILES string of the molecule is CCCOC(=O)CCCC(=O)Oc1ccc2ccccc2c1. The van der Waals surface area contributed by atoms with Crippen LogP contribution in [0.2, 0.25) is 0 Å². The maximum Gasteiger partial charge on any atom is 0.311 e. The van der Waals surface area contributed by atoms with Crippen LogP contribution in [0, 0.1) is 0 Å². The van der Waals surface area contributed by atoms with Crippen molar-refractivity contribution in [1.29, 1.82) is 0 Å². The molecule has 0 aliphatic heterocycles. The summed E-state index contributed by atoms with van der Waals surface area (Å²) in [6.07, 6.45) is 1.69. The Morgan fingerprint density at radius 3 is 2.45 bits per heavy atom. The van der Waals surface area contributed by atoms with Gasteiger partial charge in [-0.15, -0.1) is 0 Å². The molecule has 2 rings (SSSR count). The zero-order chi connectivity index (χ0) is 15.8. The summed E-state index contributed by atoms with van der Waals surface area (Å²) < 4.78 is 10.2. The molecule has 0 spiro atoms. The van der Waals surface area contributed by atoms with Crippen molar-refractivity contribution in [1.82, 2.24) is 0 Å². The van der Waals surface area contributed by atoms with Crippen LogP contribution in [0.25, 0.3) is 10.8 Å². The molecular formula is C18H20O4. The molecule has 0 saturated carbocycles. The third-order valence-electron chi connectivity index (χ3n) is 3.18. The van der Waals surface area contributed by atoms with E-state index in [2.05, 4.69) is 0 Å². The van der Waals surface area contributed by atoms with Crippen molar-refractivity contribution in [3.05, 3.63) is 42.5 Å². The quantitative estimate of drug-likeness (QED) is 0.575. The van der Waals surface area contributed by atoms with E-state index >= 15 is 0 Å². The van der Waals surface area contributed by atoms with Gasteiger partial charge >= 0.3 is 11.9 Å². The van der Waals surface area contributed by atoms with Gasteiger partial charge in [-0.05, 0) is 35.7 Å². The normalized spacial score (nSPS) is 10.4. The minimum Gasteiger partial charge on any atom is -0.466 e. The fourth-order valence-electron chi connectivity index (χ4n) is 2.08. The first kappa shape index (κ1) is 16.0. The second-order valence-corrected chi connectivity index (χ2v) is 5.06. The third-order valence-corrected chi connectivity index (χ3v) is 3.18. The number of carbonyl (C=O) groups is 2. The molecular weight excluding hydrogens is 280 g/mol. The van der Waals surface area contributed by atoms with E-state index in [1.165, 1.54) is 0 Å². The number of esters is 2. The van der Waals surface area contributed by atoms with Gasteiger partial charge in [0.1, 0.15) is 5.75 Å². The Balaban J connectivity index is 1.79. The van der Waals surface area contributed by atoms with Gasteiger partial charge in [-0.25, -0.2) is 0 Å². The van der Waals surface area contributed by atoms with Crippen LogP contribution in [-0.2, 0) is 14.3 Å². The highest BCUT2D eigenvalue weighted by atomic mass is 16.5. The van der Waals surface area contributed by atoms with E-state index < -0.39 is 0 Å². The predicted molar refractivity (Wildman–Crippen MR) is 84.7 cm³/mol. The van der Waals surface area contributed by atoms with Crippen molar-refractivity contribution < 1.29 is 19.1 Å². The molecule has 0 N–H and O–H groups in total. The minimum atomic E-state index is -0.335. The van der Waals surface area contributed by atoms with Crippen molar-refractivity contribution in [3.8, 4) is 5.75 Å². The van der Waals surface area contributed by atoms with E-state index in [0.29, 0.717) is 18.8 Å². The molecule has 0 atom stereocenters. The summed E-state index contributed by atoms with van der Waals surface area (Å²) in [6, 6.07) is 13.4. The van der Waals surface area contributed by atoms with E-state index in [9.17, 15) is 9.59 Å².